The molecule has 1 unspecified atom stereocenters. The minimum atomic E-state index is -1.17. The fourth-order valence-electron chi connectivity index (χ4n) is 6.30. The Hall–Kier alpha value is -2.45. The van der Waals surface area contributed by atoms with Gasteiger partial charge in [0.2, 0.25) is 12.6 Å². The van der Waals surface area contributed by atoms with Crippen LogP contribution in [0.1, 0.15) is 74.1 Å². The van der Waals surface area contributed by atoms with Gasteiger partial charge in [-0.2, -0.15) is 0 Å². The van der Waals surface area contributed by atoms with Crippen LogP contribution in [0.2, 0.25) is 0 Å². The Balaban J connectivity index is 2.21. The number of esters is 3. The van der Waals surface area contributed by atoms with Crippen molar-refractivity contribution >= 4 is 17.9 Å². The molecule has 206 valence electrons. The van der Waals surface area contributed by atoms with Crippen LogP contribution in [0.3, 0.4) is 0 Å². The second kappa shape index (κ2) is 11.1. The van der Waals surface area contributed by atoms with Gasteiger partial charge in [0, 0.05) is 19.4 Å². The number of ether oxygens (including phenoxy) is 4. The summed E-state index contributed by atoms with van der Waals surface area (Å²) in [7, 11) is 0. The Morgan fingerprint density at radius 1 is 1.19 bits per heavy atom. The highest BCUT2D eigenvalue weighted by molar-refractivity contribution is 5.72. The van der Waals surface area contributed by atoms with Crippen LogP contribution in [0.5, 0.6) is 0 Å². The number of aliphatic hydroxyl groups excluding tert-OH is 1. The smallest absolute Gasteiger partial charge is 0.309 e. The van der Waals surface area contributed by atoms with E-state index in [1.807, 2.05) is 20.8 Å². The summed E-state index contributed by atoms with van der Waals surface area (Å²) < 4.78 is 23.2. The lowest BCUT2D eigenvalue weighted by Gasteiger charge is -2.60. The van der Waals surface area contributed by atoms with E-state index < -0.39 is 47.6 Å². The predicted octanol–water partition coefficient (Wildman–Crippen LogP) is 4.62. The van der Waals surface area contributed by atoms with Crippen molar-refractivity contribution in [1.82, 2.24) is 0 Å². The van der Waals surface area contributed by atoms with Gasteiger partial charge in [0.15, 0.2) is 0 Å². The van der Waals surface area contributed by atoms with E-state index in [-0.39, 0.29) is 23.7 Å². The van der Waals surface area contributed by atoms with E-state index in [1.165, 1.54) is 13.8 Å². The van der Waals surface area contributed by atoms with Crippen LogP contribution in [0.15, 0.2) is 36.0 Å². The molecule has 8 heteroatoms. The van der Waals surface area contributed by atoms with Crippen LogP contribution in [-0.2, 0) is 33.3 Å². The maximum Gasteiger partial charge on any atom is 0.309 e. The van der Waals surface area contributed by atoms with Gasteiger partial charge >= 0.3 is 17.9 Å². The van der Waals surface area contributed by atoms with Crippen LogP contribution in [-0.4, -0.2) is 47.8 Å². The Bertz CT molecular complexity index is 982. The number of aliphatic hydroxyl groups is 1. The first-order valence-electron chi connectivity index (χ1n) is 13.2. The summed E-state index contributed by atoms with van der Waals surface area (Å²) in [6.45, 7) is 16.4. The summed E-state index contributed by atoms with van der Waals surface area (Å²) in [6.07, 6.45) is 3.89. The van der Waals surface area contributed by atoms with Gasteiger partial charge in [-0.25, -0.2) is 0 Å². The van der Waals surface area contributed by atoms with Crippen molar-refractivity contribution in [2.24, 2.45) is 28.6 Å². The molecule has 1 saturated heterocycles. The van der Waals surface area contributed by atoms with Crippen LogP contribution in [0, 0.1) is 28.6 Å². The van der Waals surface area contributed by atoms with Crippen molar-refractivity contribution in [1.29, 1.82) is 0 Å². The van der Waals surface area contributed by atoms with E-state index >= 15 is 0 Å². The molecule has 0 aromatic rings. The number of carbonyl (C=O) groups is 3. The lowest BCUT2D eigenvalue weighted by Crippen LogP contribution is -2.63. The number of hydrogen-bond donors (Lipinski definition) is 1. The average molecular weight is 519 g/mol. The fraction of sp³-hybridized carbons (Fsp3) is 0.690. The fourth-order valence-corrected chi connectivity index (χ4v) is 6.30. The normalized spacial score (nSPS) is 37.9. The highest BCUT2D eigenvalue weighted by Gasteiger charge is 2.71. The Morgan fingerprint density at radius 2 is 1.84 bits per heavy atom. The second-order valence-corrected chi connectivity index (χ2v) is 11.2. The summed E-state index contributed by atoms with van der Waals surface area (Å²) in [6, 6.07) is 0. The highest BCUT2D eigenvalue weighted by Crippen LogP contribution is 2.67. The van der Waals surface area contributed by atoms with Crippen molar-refractivity contribution in [2.75, 3.05) is 0 Å². The molecule has 1 spiro atoms. The molecule has 0 radical (unpaired) electrons. The van der Waals surface area contributed by atoms with Gasteiger partial charge in [-0.3, -0.25) is 19.1 Å². The lowest BCUT2D eigenvalue weighted by molar-refractivity contribution is -0.254. The molecular formula is C29H42O8. The van der Waals surface area contributed by atoms with Gasteiger partial charge in [-0.15, -0.1) is 0 Å². The Labute approximate surface area is 220 Å². The number of carbonyl (C=O) groups excluding carboxylic acids is 3. The largest absolute Gasteiger partial charge is 0.458 e. The average Bonchev–Trinajstić information content (AvgIpc) is 3.12. The number of rotatable bonds is 8. The SMILES string of the molecule is C=C/C(C)=C/C[C@]1(C)[C@H]2C[C@H](OC(=O)C(C)CC)C=C3[C@H](OC(C)=O)O[C@H](OC(C)=O)[C@]32[C@H](O)C[C@@H]1C. The van der Waals surface area contributed by atoms with Crippen molar-refractivity contribution in [2.45, 2.75) is 98.9 Å². The van der Waals surface area contributed by atoms with E-state index in [2.05, 4.69) is 26.5 Å². The maximum atomic E-state index is 12.8. The Morgan fingerprint density at radius 3 is 2.41 bits per heavy atom. The van der Waals surface area contributed by atoms with Crippen molar-refractivity contribution in [3.8, 4) is 0 Å². The van der Waals surface area contributed by atoms with E-state index in [1.54, 1.807) is 12.2 Å². The molecule has 1 N–H and O–H groups in total. The minimum absolute atomic E-state index is 0.0722. The molecule has 1 aliphatic heterocycles. The second-order valence-electron chi connectivity index (χ2n) is 11.2. The molecule has 3 rings (SSSR count). The van der Waals surface area contributed by atoms with Crippen LogP contribution >= 0.6 is 0 Å². The van der Waals surface area contributed by atoms with Crippen LogP contribution < -0.4 is 0 Å². The molecule has 9 atom stereocenters. The van der Waals surface area contributed by atoms with E-state index in [4.69, 9.17) is 18.9 Å². The lowest BCUT2D eigenvalue weighted by atomic mass is 9.45. The summed E-state index contributed by atoms with van der Waals surface area (Å²) >= 11 is 0. The third-order valence-electron chi connectivity index (χ3n) is 8.87. The van der Waals surface area contributed by atoms with Crippen molar-refractivity contribution in [3.05, 3.63) is 36.0 Å². The summed E-state index contributed by atoms with van der Waals surface area (Å²) in [5.74, 6) is -1.99. The van der Waals surface area contributed by atoms with E-state index in [0.29, 0.717) is 31.3 Å². The quantitative estimate of drug-likeness (QED) is 0.215. The molecule has 37 heavy (non-hydrogen) atoms. The molecule has 2 aliphatic carbocycles. The molecule has 1 saturated carbocycles. The first-order chi connectivity index (χ1) is 17.3. The van der Waals surface area contributed by atoms with Gasteiger partial charge in [-0.05, 0) is 55.9 Å². The van der Waals surface area contributed by atoms with E-state index in [9.17, 15) is 19.5 Å². The summed E-state index contributed by atoms with van der Waals surface area (Å²) in [5, 5.41) is 11.7. The van der Waals surface area contributed by atoms with Gasteiger partial charge in [0.25, 0.3) is 0 Å². The third kappa shape index (κ3) is 5.28. The zero-order valence-electron chi connectivity index (χ0n) is 23.1. The van der Waals surface area contributed by atoms with Gasteiger partial charge in [0.05, 0.1) is 17.4 Å². The number of hydrogen-bond acceptors (Lipinski definition) is 8. The van der Waals surface area contributed by atoms with Gasteiger partial charge in [-0.1, -0.05) is 52.0 Å². The highest BCUT2D eigenvalue weighted by atomic mass is 16.8. The molecule has 2 fully saturated rings. The molecule has 0 aromatic carbocycles. The van der Waals surface area contributed by atoms with Crippen molar-refractivity contribution in [3.63, 3.8) is 0 Å². The first kappa shape index (κ1) is 29.1. The van der Waals surface area contributed by atoms with Gasteiger partial charge < -0.3 is 19.3 Å². The topological polar surface area (TPSA) is 108 Å². The third-order valence-corrected chi connectivity index (χ3v) is 8.87. The maximum absolute atomic E-state index is 12.8. The standard InChI is InChI=1S/C29H42O8/c1-9-16(3)11-12-28(8)18(5)13-24(32)29-22(26(34-19(6)30)37-27(29)35-20(7)31)14-21(15-23(28)29)36-25(33)17(4)10-2/h9,11,14,17-18,21,23-24,26-27,32H,1,10,12-13,15H2,2-8H3/b16-11+/t17?,18-,21+,23+,24+,26+,27-,28-,29+/m0/s1. The van der Waals surface area contributed by atoms with Crippen LogP contribution in [0.4, 0.5) is 0 Å². The molecule has 8 nitrogen and oxygen atoms in total. The Kier molecular flexibility index (Phi) is 8.75. The van der Waals surface area contributed by atoms with E-state index in [0.717, 1.165) is 5.57 Å². The van der Waals surface area contributed by atoms with Crippen molar-refractivity contribution < 1.29 is 38.4 Å². The molecule has 3 aliphatic rings. The first-order valence-corrected chi connectivity index (χ1v) is 13.2. The molecule has 0 bridgehead atoms. The zero-order chi connectivity index (χ0) is 27.7. The molecular weight excluding hydrogens is 476 g/mol. The van der Waals surface area contributed by atoms with Gasteiger partial charge in [0.1, 0.15) is 6.10 Å². The zero-order valence-corrected chi connectivity index (χ0v) is 23.1. The molecule has 0 aromatic heterocycles. The monoisotopic (exact) mass is 518 g/mol. The predicted molar refractivity (Wildman–Crippen MR) is 137 cm³/mol. The molecule has 0 amide bonds. The summed E-state index contributed by atoms with van der Waals surface area (Å²) in [4.78, 5) is 37.0. The minimum Gasteiger partial charge on any atom is -0.458 e. The number of allylic oxidation sites excluding steroid dienone is 3. The molecule has 1 heterocycles. The van der Waals surface area contributed by atoms with Crippen LogP contribution in [0.25, 0.3) is 0 Å². The summed E-state index contributed by atoms with van der Waals surface area (Å²) in [5.41, 5.74) is -0.0572.